The predicted molar refractivity (Wildman–Crippen MR) is 126 cm³/mol. The lowest BCUT2D eigenvalue weighted by Gasteiger charge is -2.41. The Morgan fingerprint density at radius 3 is 1.21 bits per heavy atom. The fourth-order valence-electron chi connectivity index (χ4n) is 4.85. The lowest BCUT2D eigenvalue weighted by Crippen LogP contribution is -2.59. The van der Waals surface area contributed by atoms with Crippen molar-refractivity contribution in [1.29, 1.82) is 0 Å². The van der Waals surface area contributed by atoms with Crippen molar-refractivity contribution in [1.82, 2.24) is 0 Å². The summed E-state index contributed by atoms with van der Waals surface area (Å²) in [6.45, 7) is 2.53. The van der Waals surface area contributed by atoms with E-state index in [1.807, 2.05) is 0 Å². The van der Waals surface area contributed by atoms with Crippen LogP contribution in [0.3, 0.4) is 0 Å². The Balaban J connectivity index is 2.06. The van der Waals surface area contributed by atoms with E-state index in [9.17, 15) is 0 Å². The Labute approximate surface area is 175 Å². The summed E-state index contributed by atoms with van der Waals surface area (Å²) in [6.07, 6.45) is 2.19. The van der Waals surface area contributed by atoms with E-state index in [0.717, 1.165) is 12.8 Å². The number of hydrogen-bond acceptors (Lipinski definition) is 0. The predicted octanol–water partition coefficient (Wildman–Crippen LogP) is 5.62. The third kappa shape index (κ3) is 3.78. The molecule has 4 aromatic rings. The van der Waals surface area contributed by atoms with Crippen LogP contribution in [0.15, 0.2) is 121 Å². The first-order valence-corrected chi connectivity index (χ1v) is 10.6. The van der Waals surface area contributed by atoms with Gasteiger partial charge in [-0.15, -0.1) is 0 Å². The second-order valence-corrected chi connectivity index (χ2v) is 7.71. The molecule has 0 atom stereocenters. The van der Waals surface area contributed by atoms with Gasteiger partial charge in [-0.3, -0.25) is 0 Å². The maximum atomic E-state index is 2.31. The van der Waals surface area contributed by atoms with Crippen molar-refractivity contribution >= 4 is 17.6 Å². The first kappa shape index (κ1) is 19.3. The molecule has 142 valence electrons. The quantitative estimate of drug-likeness (QED) is 0.368. The molecule has 0 aromatic heterocycles. The number of hydrogen-bond donors (Lipinski definition) is 0. The molecule has 0 spiro atoms. The molecule has 4 rings (SSSR count). The van der Waals surface area contributed by atoms with Crippen LogP contribution in [0.4, 0.5) is 0 Å². The van der Waals surface area contributed by atoms with E-state index in [-0.39, 0.29) is 12.0 Å². The van der Waals surface area contributed by atoms with Gasteiger partial charge in [-0.2, -0.15) is 0 Å². The summed E-state index contributed by atoms with van der Waals surface area (Å²) in [5.74, 6) is 0. The zero-order valence-corrected chi connectivity index (χ0v) is 17.0. The molecule has 1 heteroatoms. The van der Waals surface area contributed by atoms with E-state index in [2.05, 4.69) is 128 Å². The van der Waals surface area contributed by atoms with Gasteiger partial charge in [-0.25, -0.2) is 0 Å². The highest BCUT2D eigenvalue weighted by Crippen LogP contribution is 2.39. The molecule has 0 saturated heterocycles. The van der Waals surface area contributed by atoms with E-state index >= 15 is 0 Å². The molecule has 0 N–H and O–H groups in total. The van der Waals surface area contributed by atoms with Gasteiger partial charge in [-0.1, -0.05) is 146 Å². The van der Waals surface area contributed by atoms with Gasteiger partial charge in [0.05, 0.1) is 0 Å². The third-order valence-corrected chi connectivity index (χ3v) is 5.98. The topological polar surface area (TPSA) is 0 Å². The molecule has 0 aliphatic rings. The average molecular weight is 374 g/mol. The van der Waals surface area contributed by atoms with E-state index in [4.69, 9.17) is 0 Å². The second-order valence-electron chi connectivity index (χ2n) is 7.71. The van der Waals surface area contributed by atoms with E-state index in [1.54, 1.807) is 0 Å². The summed E-state index contributed by atoms with van der Waals surface area (Å²) in [5.41, 5.74) is 5.48. The van der Waals surface area contributed by atoms with Crippen LogP contribution in [-0.4, -0.2) is 6.71 Å². The summed E-state index contributed by atoms with van der Waals surface area (Å²) in [5, 5.41) is -0.139. The van der Waals surface area contributed by atoms with Crippen molar-refractivity contribution in [2.75, 3.05) is 0 Å². The van der Waals surface area contributed by atoms with E-state index in [1.165, 1.54) is 22.1 Å². The summed E-state index contributed by atoms with van der Waals surface area (Å²) < 4.78 is 0. The summed E-state index contributed by atoms with van der Waals surface area (Å²) in [6, 6.07) is 44.2. The van der Waals surface area contributed by atoms with Crippen molar-refractivity contribution in [2.45, 2.75) is 25.1 Å². The minimum atomic E-state index is -0.139. The summed E-state index contributed by atoms with van der Waals surface area (Å²) in [7, 11) is 0. The Morgan fingerprint density at radius 2 is 0.862 bits per heavy atom. The van der Waals surface area contributed by atoms with Crippen molar-refractivity contribution in [3.63, 3.8) is 0 Å². The lowest BCUT2D eigenvalue weighted by atomic mass is 9.24. The van der Waals surface area contributed by atoms with Gasteiger partial charge in [0.1, 0.15) is 0 Å². The minimum Gasteiger partial charge on any atom is -0.0729 e. The second kappa shape index (κ2) is 8.96. The largest absolute Gasteiger partial charge is 0.224 e. The highest BCUT2D eigenvalue weighted by atomic mass is 14.3. The van der Waals surface area contributed by atoms with Gasteiger partial charge in [-0.05, 0) is 17.5 Å². The highest BCUT2D eigenvalue weighted by Gasteiger charge is 2.45. The standard InChI is InChI=1S/C28H27B/c1-2-23-28(24-15-7-3-8-16-24,25-17-9-4-10-18-25)29(26-19-11-5-12-20-26)27-21-13-6-14-22-27/h3-22H,2,23H2,1H3. The van der Waals surface area contributed by atoms with Gasteiger partial charge in [0.2, 0.25) is 6.71 Å². The van der Waals surface area contributed by atoms with Gasteiger partial charge in [0.25, 0.3) is 0 Å². The van der Waals surface area contributed by atoms with Crippen molar-refractivity contribution in [3.05, 3.63) is 132 Å². The zero-order chi connectivity index (χ0) is 19.9. The minimum absolute atomic E-state index is 0.139. The van der Waals surface area contributed by atoms with Gasteiger partial charge < -0.3 is 0 Å². The smallest absolute Gasteiger partial charge is 0.0729 e. The average Bonchev–Trinajstić information content (AvgIpc) is 2.81. The molecule has 0 fully saturated rings. The normalized spacial score (nSPS) is 11.2. The molecular weight excluding hydrogens is 347 g/mol. The van der Waals surface area contributed by atoms with Crippen LogP contribution in [0.1, 0.15) is 30.9 Å². The Bertz CT molecular complexity index is 916. The number of benzene rings is 4. The summed E-state index contributed by atoms with van der Waals surface area (Å²) in [4.78, 5) is 0. The maximum Gasteiger partial charge on any atom is 0.224 e. The molecule has 4 aromatic carbocycles. The van der Waals surface area contributed by atoms with Crippen LogP contribution in [0.25, 0.3) is 0 Å². The lowest BCUT2D eigenvalue weighted by molar-refractivity contribution is 0.622. The Hall–Kier alpha value is -3.06. The molecule has 29 heavy (non-hydrogen) atoms. The molecular formula is C28H27B. The van der Waals surface area contributed by atoms with Crippen molar-refractivity contribution in [2.24, 2.45) is 0 Å². The van der Waals surface area contributed by atoms with Crippen molar-refractivity contribution in [3.8, 4) is 0 Å². The first-order chi connectivity index (χ1) is 14.4. The molecule has 0 radical (unpaired) electrons. The van der Waals surface area contributed by atoms with Crippen LogP contribution in [0, 0.1) is 0 Å². The van der Waals surface area contributed by atoms with Gasteiger partial charge >= 0.3 is 0 Å². The number of rotatable bonds is 7. The Morgan fingerprint density at radius 1 is 0.517 bits per heavy atom. The van der Waals surface area contributed by atoms with Crippen LogP contribution < -0.4 is 10.9 Å². The highest BCUT2D eigenvalue weighted by molar-refractivity contribution is 6.88. The van der Waals surface area contributed by atoms with Crippen molar-refractivity contribution < 1.29 is 0 Å². The van der Waals surface area contributed by atoms with Crippen LogP contribution in [0.5, 0.6) is 0 Å². The monoisotopic (exact) mass is 374 g/mol. The van der Waals surface area contributed by atoms with Crippen LogP contribution in [0.2, 0.25) is 0 Å². The zero-order valence-electron chi connectivity index (χ0n) is 17.0. The molecule has 0 bridgehead atoms. The van der Waals surface area contributed by atoms with Gasteiger partial charge in [0.15, 0.2) is 0 Å². The van der Waals surface area contributed by atoms with Crippen LogP contribution in [-0.2, 0) is 5.31 Å². The summed E-state index contributed by atoms with van der Waals surface area (Å²) >= 11 is 0. The third-order valence-electron chi connectivity index (χ3n) is 5.98. The maximum absolute atomic E-state index is 2.31. The fraction of sp³-hybridized carbons (Fsp3) is 0.143. The van der Waals surface area contributed by atoms with Gasteiger partial charge in [0, 0.05) is 5.31 Å². The molecule has 0 aliphatic carbocycles. The molecule has 0 saturated carbocycles. The van der Waals surface area contributed by atoms with E-state index < -0.39 is 0 Å². The molecule has 0 unspecified atom stereocenters. The van der Waals surface area contributed by atoms with Crippen LogP contribution >= 0.6 is 0 Å². The molecule has 0 amide bonds. The first-order valence-electron chi connectivity index (χ1n) is 10.6. The van der Waals surface area contributed by atoms with E-state index in [0.29, 0.717) is 0 Å². The Kier molecular flexibility index (Phi) is 5.96. The fourth-order valence-corrected chi connectivity index (χ4v) is 4.85. The molecule has 0 aliphatic heterocycles. The SMILES string of the molecule is CCCC(B(c1ccccc1)c1ccccc1)(c1ccccc1)c1ccccc1. The molecule has 0 heterocycles. The molecule has 0 nitrogen and oxygen atoms in total.